The van der Waals surface area contributed by atoms with Crippen LogP contribution in [0.25, 0.3) is 0 Å². The minimum absolute atomic E-state index is 0.142. The van der Waals surface area contributed by atoms with Gasteiger partial charge in [0.15, 0.2) is 0 Å². The summed E-state index contributed by atoms with van der Waals surface area (Å²) in [4.78, 5) is 0. The molecule has 0 bridgehead atoms. The fourth-order valence-corrected chi connectivity index (χ4v) is 2.60. The topological polar surface area (TPSA) is 29.5 Å². The van der Waals surface area contributed by atoms with Crippen LogP contribution in [0.1, 0.15) is 38.9 Å². The molecule has 0 radical (unpaired) electrons. The van der Waals surface area contributed by atoms with Crippen molar-refractivity contribution >= 4 is 8.32 Å². The summed E-state index contributed by atoms with van der Waals surface area (Å²) in [6.07, 6.45) is 1.73. The highest BCUT2D eigenvalue weighted by atomic mass is 28.4. The van der Waals surface area contributed by atoms with Gasteiger partial charge in [0.1, 0.15) is 5.75 Å². The van der Waals surface area contributed by atoms with E-state index in [4.69, 9.17) is 4.43 Å². The van der Waals surface area contributed by atoms with Gasteiger partial charge in [-0.25, -0.2) is 0 Å². The molecule has 0 aromatic heterocycles. The maximum absolute atomic E-state index is 10.2. The van der Waals surface area contributed by atoms with Crippen LogP contribution in [0.5, 0.6) is 5.75 Å². The molecule has 0 fully saturated rings. The second-order valence-electron chi connectivity index (χ2n) is 6.44. The molecule has 1 unspecified atom stereocenters. The minimum atomic E-state index is -1.88. The average molecular weight is 278 g/mol. The normalized spacial score (nSPS) is 14.0. The minimum Gasteiger partial charge on any atom is -0.543 e. The van der Waals surface area contributed by atoms with Crippen LogP contribution < -0.4 is 4.43 Å². The quantitative estimate of drug-likeness (QED) is 0.626. The van der Waals surface area contributed by atoms with E-state index in [9.17, 15) is 5.11 Å². The maximum Gasteiger partial charge on any atom is 0.250 e. The van der Waals surface area contributed by atoms with Gasteiger partial charge >= 0.3 is 0 Å². The number of para-hydroxylation sites is 1. The van der Waals surface area contributed by atoms with Crippen molar-refractivity contribution in [3.63, 3.8) is 0 Å². The lowest BCUT2D eigenvalue weighted by atomic mass is 10.1. The van der Waals surface area contributed by atoms with Gasteiger partial charge in [0.05, 0.1) is 6.10 Å². The third kappa shape index (κ3) is 3.95. The molecule has 0 saturated heterocycles. The zero-order chi connectivity index (χ0) is 14.7. The Bertz CT molecular complexity index is 433. The van der Waals surface area contributed by atoms with E-state index in [1.165, 1.54) is 0 Å². The van der Waals surface area contributed by atoms with E-state index in [2.05, 4.69) is 40.4 Å². The van der Waals surface area contributed by atoms with Crippen molar-refractivity contribution in [2.24, 2.45) is 0 Å². The zero-order valence-electron chi connectivity index (χ0n) is 12.7. The summed E-state index contributed by atoms with van der Waals surface area (Å²) < 4.78 is 6.31. The Labute approximate surface area is 118 Å². The summed E-state index contributed by atoms with van der Waals surface area (Å²) in [5, 5.41) is 10.3. The van der Waals surface area contributed by atoms with E-state index in [1.807, 2.05) is 24.3 Å². The van der Waals surface area contributed by atoms with Crippen molar-refractivity contribution in [3.05, 3.63) is 42.5 Å². The Kier molecular flexibility index (Phi) is 4.99. The molecule has 1 N–H and O–H groups in total. The Morgan fingerprint density at radius 3 is 2.42 bits per heavy atom. The van der Waals surface area contributed by atoms with Crippen molar-refractivity contribution in [1.29, 1.82) is 0 Å². The van der Waals surface area contributed by atoms with Crippen molar-refractivity contribution < 1.29 is 9.53 Å². The molecule has 0 aliphatic carbocycles. The third-order valence-corrected chi connectivity index (χ3v) is 8.18. The lowest BCUT2D eigenvalue weighted by molar-refractivity contribution is 0.179. The van der Waals surface area contributed by atoms with Crippen LogP contribution in [0.4, 0.5) is 0 Å². The molecule has 0 saturated carbocycles. The first-order chi connectivity index (χ1) is 8.69. The average Bonchev–Trinajstić information content (AvgIpc) is 2.28. The molecule has 1 aromatic rings. The lowest BCUT2D eigenvalue weighted by Gasteiger charge is -2.37. The van der Waals surface area contributed by atoms with Crippen molar-refractivity contribution in [2.45, 2.75) is 51.4 Å². The van der Waals surface area contributed by atoms with Gasteiger partial charge in [0, 0.05) is 5.56 Å². The van der Waals surface area contributed by atoms with Crippen LogP contribution in [-0.2, 0) is 0 Å². The fraction of sp³-hybridized carbons (Fsp3) is 0.500. The lowest BCUT2D eigenvalue weighted by Crippen LogP contribution is -2.44. The van der Waals surface area contributed by atoms with Gasteiger partial charge in [0.2, 0.25) is 8.32 Å². The summed E-state index contributed by atoms with van der Waals surface area (Å²) in [6.45, 7) is 14.7. The van der Waals surface area contributed by atoms with E-state index in [-0.39, 0.29) is 5.04 Å². The largest absolute Gasteiger partial charge is 0.543 e. The zero-order valence-corrected chi connectivity index (χ0v) is 13.7. The molecular weight excluding hydrogens is 252 g/mol. The molecule has 1 rings (SSSR count). The number of benzene rings is 1. The first-order valence-corrected chi connectivity index (χ1v) is 9.67. The standard InChI is InChI=1S/C16H26O2Si/c1-7-10-14(17)13-11-8-9-12-15(13)18-19(5,6)16(2,3)4/h7-9,11-12,14,17H,1,10H2,2-6H3. The van der Waals surface area contributed by atoms with Crippen molar-refractivity contribution in [2.75, 3.05) is 0 Å². The first-order valence-electron chi connectivity index (χ1n) is 6.76. The highest BCUT2D eigenvalue weighted by molar-refractivity contribution is 6.74. The molecule has 0 amide bonds. The van der Waals surface area contributed by atoms with Crippen LogP contribution in [-0.4, -0.2) is 13.4 Å². The van der Waals surface area contributed by atoms with E-state index in [0.717, 1.165) is 11.3 Å². The molecule has 106 valence electrons. The summed E-state index contributed by atoms with van der Waals surface area (Å²) in [7, 11) is -1.88. The Morgan fingerprint density at radius 2 is 1.89 bits per heavy atom. The van der Waals surface area contributed by atoms with E-state index in [1.54, 1.807) is 6.08 Å². The third-order valence-electron chi connectivity index (χ3n) is 3.84. The summed E-state index contributed by atoms with van der Waals surface area (Å²) in [5.41, 5.74) is 0.854. The van der Waals surface area contributed by atoms with Crippen LogP contribution in [0.15, 0.2) is 36.9 Å². The van der Waals surface area contributed by atoms with Gasteiger partial charge in [-0.3, -0.25) is 0 Å². The first kappa shape index (κ1) is 16.0. The van der Waals surface area contributed by atoms with E-state index in [0.29, 0.717) is 6.42 Å². The maximum atomic E-state index is 10.2. The molecule has 1 aromatic carbocycles. The molecule has 19 heavy (non-hydrogen) atoms. The molecule has 3 heteroatoms. The molecule has 0 spiro atoms. The van der Waals surface area contributed by atoms with Gasteiger partial charge in [-0.15, -0.1) is 6.58 Å². The van der Waals surface area contributed by atoms with E-state index >= 15 is 0 Å². The van der Waals surface area contributed by atoms with Crippen LogP contribution in [0, 0.1) is 0 Å². The van der Waals surface area contributed by atoms with Crippen molar-refractivity contribution in [1.82, 2.24) is 0 Å². The number of hydrogen-bond donors (Lipinski definition) is 1. The second-order valence-corrected chi connectivity index (χ2v) is 11.2. The SMILES string of the molecule is C=CCC(O)c1ccccc1O[Si](C)(C)C(C)(C)C. The number of rotatable bonds is 5. The predicted octanol–water partition coefficient (Wildman–Crippen LogP) is 4.68. The Morgan fingerprint density at radius 1 is 1.32 bits per heavy atom. The number of hydrogen-bond acceptors (Lipinski definition) is 2. The van der Waals surface area contributed by atoms with Gasteiger partial charge < -0.3 is 9.53 Å². The van der Waals surface area contributed by atoms with E-state index < -0.39 is 14.4 Å². The number of aliphatic hydroxyl groups is 1. The Balaban J connectivity index is 3.05. The number of aliphatic hydroxyl groups excluding tert-OH is 1. The highest BCUT2D eigenvalue weighted by Gasteiger charge is 2.39. The van der Waals surface area contributed by atoms with Crippen molar-refractivity contribution in [3.8, 4) is 5.75 Å². The fourth-order valence-electron chi connectivity index (χ4n) is 1.56. The monoisotopic (exact) mass is 278 g/mol. The Hall–Kier alpha value is -1.06. The van der Waals surface area contributed by atoms with Crippen LogP contribution in [0.3, 0.4) is 0 Å². The molecule has 2 nitrogen and oxygen atoms in total. The smallest absolute Gasteiger partial charge is 0.250 e. The van der Waals surface area contributed by atoms with Gasteiger partial charge in [-0.05, 0) is 30.6 Å². The molecule has 0 heterocycles. The van der Waals surface area contributed by atoms with Gasteiger partial charge in [-0.1, -0.05) is 45.0 Å². The van der Waals surface area contributed by atoms with Gasteiger partial charge in [-0.2, -0.15) is 0 Å². The highest BCUT2D eigenvalue weighted by Crippen LogP contribution is 2.39. The molecule has 0 aliphatic heterocycles. The van der Waals surface area contributed by atoms with Crippen LogP contribution in [0.2, 0.25) is 18.1 Å². The summed E-state index contributed by atoms with van der Waals surface area (Å²) in [5.74, 6) is 0.809. The summed E-state index contributed by atoms with van der Waals surface area (Å²) >= 11 is 0. The molecule has 0 aliphatic rings. The molecule has 1 atom stereocenters. The predicted molar refractivity (Wildman–Crippen MR) is 84.0 cm³/mol. The summed E-state index contributed by atoms with van der Waals surface area (Å²) in [6, 6.07) is 7.76. The second kappa shape index (κ2) is 5.93. The molecular formula is C16H26O2Si. The van der Waals surface area contributed by atoms with Gasteiger partial charge in [0.25, 0.3) is 0 Å². The van der Waals surface area contributed by atoms with Crippen LogP contribution >= 0.6 is 0 Å².